The van der Waals surface area contributed by atoms with Crippen LogP contribution in [-0.4, -0.2) is 112 Å². The van der Waals surface area contributed by atoms with Crippen LogP contribution in [0.25, 0.3) is 0 Å². The molecule has 3 amide bonds. The van der Waals surface area contributed by atoms with E-state index >= 15 is 0 Å². The number of aryl methyl sites for hydroxylation is 2. The van der Waals surface area contributed by atoms with Crippen molar-refractivity contribution in [2.75, 3.05) is 71.1 Å². The van der Waals surface area contributed by atoms with E-state index in [1.807, 2.05) is 44.2 Å². The summed E-state index contributed by atoms with van der Waals surface area (Å²) in [6.07, 6.45) is 7.96. The number of para-hydroxylation sites is 1. The molecule has 6 heterocycles. The second-order valence-corrected chi connectivity index (χ2v) is 16.6. The minimum Gasteiger partial charge on any atom is -0.362 e. The predicted octanol–water partition coefficient (Wildman–Crippen LogP) is 5.10. The van der Waals surface area contributed by atoms with Crippen LogP contribution in [0.4, 0.5) is 33.8 Å². The Balaban J connectivity index is 0.761. The number of nitrogens with zero attached hydrogens (tertiary/aromatic N) is 8. The van der Waals surface area contributed by atoms with Crippen LogP contribution in [0.5, 0.6) is 0 Å². The summed E-state index contributed by atoms with van der Waals surface area (Å²) in [6.45, 7) is 9.70. The van der Waals surface area contributed by atoms with Gasteiger partial charge in [-0.15, -0.1) is 0 Å². The smallest absolute Gasteiger partial charge is 0.267 e. The fraction of sp³-hybridized carbons (Fsp3) is 0.415. The third kappa shape index (κ3) is 8.89. The first-order valence-corrected chi connectivity index (χ1v) is 21.0. The number of fused-ring (bicyclic) bond motifs is 2. The number of likely N-dealkylation sites (tertiary alicyclic amines) is 1. The Morgan fingerprint density at radius 2 is 1.72 bits per heavy atom. The summed E-state index contributed by atoms with van der Waals surface area (Å²) in [7, 11) is 0. The molecule has 0 radical (unpaired) electrons. The maximum absolute atomic E-state index is 13.4. The van der Waals surface area contributed by atoms with Crippen molar-refractivity contribution in [2.45, 2.75) is 64.4 Å². The van der Waals surface area contributed by atoms with Gasteiger partial charge < -0.3 is 40.7 Å². The van der Waals surface area contributed by atoms with Gasteiger partial charge in [0.25, 0.3) is 5.91 Å². The maximum Gasteiger partial charge on any atom is 0.267 e. The number of carbonyl (C=O) groups is 3. The molecule has 0 spiro atoms. The maximum atomic E-state index is 13.4. The Morgan fingerprint density at radius 1 is 0.983 bits per heavy atom. The Bertz CT molecular complexity index is 2140. The number of nitrogens with one attached hydrogen (secondary N) is 3. The molecular weight excluding hydrogens is 778 g/mol. The van der Waals surface area contributed by atoms with Crippen LogP contribution in [0.3, 0.4) is 0 Å². The fourth-order valence-corrected chi connectivity index (χ4v) is 9.27. The van der Waals surface area contributed by atoms with E-state index in [9.17, 15) is 19.5 Å². The summed E-state index contributed by atoms with van der Waals surface area (Å²) in [4.78, 5) is 62.8. The lowest BCUT2D eigenvalue weighted by molar-refractivity contribution is -0.132. The van der Waals surface area contributed by atoms with Crippen LogP contribution in [0.1, 0.15) is 53.2 Å². The molecule has 17 heteroatoms. The lowest BCUT2D eigenvalue weighted by atomic mass is 10.1. The number of piperazine rings is 2. The SMILES string of the molecule is Cc1nc(Nc2ncc(C(=O)Nc3c(C)cccc3Cl)s2)cc(N2CCN(CCCCC(=O)N3CC4CCC(C3)N4c3ccc(N4C=CC(=O)NC4O)cc3)CC2)n1. The molecule has 304 valence electrons. The molecule has 0 aliphatic carbocycles. The van der Waals surface area contributed by atoms with Crippen LogP contribution >= 0.6 is 22.9 Å². The average molecular weight is 826 g/mol. The predicted molar refractivity (Wildman–Crippen MR) is 227 cm³/mol. The van der Waals surface area contributed by atoms with Crippen LogP contribution in [0.15, 0.2) is 67.0 Å². The minimum atomic E-state index is -1.10. The second-order valence-electron chi connectivity index (χ2n) is 15.2. The Labute approximate surface area is 346 Å². The third-order valence-electron chi connectivity index (χ3n) is 11.3. The van der Waals surface area contributed by atoms with E-state index in [0.717, 1.165) is 94.3 Å². The molecule has 3 saturated heterocycles. The van der Waals surface area contributed by atoms with Crippen molar-refractivity contribution in [1.29, 1.82) is 0 Å². The van der Waals surface area contributed by atoms with E-state index in [-0.39, 0.29) is 17.7 Å². The van der Waals surface area contributed by atoms with Gasteiger partial charge in [0.15, 0.2) is 5.13 Å². The van der Waals surface area contributed by atoms with E-state index < -0.39 is 6.35 Å². The lowest BCUT2D eigenvalue weighted by Crippen LogP contribution is -2.55. The number of amides is 3. The zero-order valence-corrected chi connectivity index (χ0v) is 34.2. The molecule has 0 saturated carbocycles. The normalized spacial score (nSPS) is 20.7. The van der Waals surface area contributed by atoms with Gasteiger partial charge in [-0.2, -0.15) is 0 Å². The lowest BCUT2D eigenvalue weighted by Gasteiger charge is -2.42. The topological polar surface area (TPSA) is 162 Å². The molecule has 2 aromatic heterocycles. The molecular formula is C41H48ClN11O4S. The number of anilines is 6. The van der Waals surface area contributed by atoms with E-state index in [1.165, 1.54) is 17.4 Å². The molecule has 8 rings (SSSR count). The Hall–Kier alpha value is -5.29. The molecule has 4 N–H and O–H groups in total. The van der Waals surface area contributed by atoms with E-state index in [4.69, 9.17) is 16.6 Å². The highest BCUT2D eigenvalue weighted by Crippen LogP contribution is 2.36. The summed E-state index contributed by atoms with van der Waals surface area (Å²) in [5, 5.41) is 19.9. The summed E-state index contributed by atoms with van der Waals surface area (Å²) in [5.41, 5.74) is 3.38. The summed E-state index contributed by atoms with van der Waals surface area (Å²) >= 11 is 7.54. The average Bonchev–Trinajstić information content (AvgIpc) is 3.78. The molecule has 58 heavy (non-hydrogen) atoms. The number of aliphatic hydroxyl groups excluding tert-OH is 1. The molecule has 3 fully saturated rings. The number of aliphatic hydroxyl groups is 1. The highest BCUT2D eigenvalue weighted by atomic mass is 35.5. The van der Waals surface area contributed by atoms with Gasteiger partial charge >= 0.3 is 0 Å². The van der Waals surface area contributed by atoms with Gasteiger partial charge in [-0.05, 0) is 82.0 Å². The number of halogens is 1. The number of thiazole rings is 1. The number of unbranched alkanes of at least 4 members (excludes halogenated alkanes) is 1. The molecule has 2 bridgehead atoms. The Kier molecular flexibility index (Phi) is 11.8. The molecule has 3 unspecified atom stereocenters. The van der Waals surface area contributed by atoms with Gasteiger partial charge in [0.05, 0.1) is 16.9 Å². The standard InChI is InChI=1S/C41H48ClN11O4S/c1-26-6-5-7-32(42)38(26)48-39(56)33-23-43-40(58-33)46-34-22-35(45-27(2)44-34)50-20-18-49(19-21-50)16-4-3-8-37(55)51-24-30-13-14-31(25-51)53(30)29-11-9-28(10-12-29)52-17-15-36(54)47-41(52)57/h5-7,9-12,15,17,22-23,30-31,41,57H,3-4,8,13-14,16,18-21,24-25H2,1-2H3,(H,47,54)(H,48,56)(H,43,44,45,46). The number of aromatic nitrogens is 3. The van der Waals surface area contributed by atoms with Crippen LogP contribution in [-0.2, 0) is 9.59 Å². The number of hydrogen-bond acceptors (Lipinski definition) is 13. The molecule has 15 nitrogen and oxygen atoms in total. The molecule has 2 aromatic carbocycles. The fourth-order valence-electron chi connectivity index (χ4n) is 8.29. The number of carbonyl (C=O) groups excluding carboxylic acids is 3. The van der Waals surface area contributed by atoms with Crippen molar-refractivity contribution >= 4 is 74.5 Å². The van der Waals surface area contributed by atoms with Crippen molar-refractivity contribution < 1.29 is 19.5 Å². The van der Waals surface area contributed by atoms with E-state index in [2.05, 4.69) is 57.7 Å². The third-order valence-corrected chi connectivity index (χ3v) is 12.5. The monoisotopic (exact) mass is 825 g/mol. The summed E-state index contributed by atoms with van der Waals surface area (Å²) in [5.74, 6) is 1.76. The first kappa shape index (κ1) is 39.5. The molecule has 4 aliphatic heterocycles. The molecule has 3 atom stereocenters. The minimum absolute atomic E-state index is 0.248. The zero-order chi connectivity index (χ0) is 40.3. The van der Waals surface area contributed by atoms with Crippen molar-refractivity contribution in [3.63, 3.8) is 0 Å². The first-order chi connectivity index (χ1) is 28.1. The molecule has 4 aromatic rings. The van der Waals surface area contributed by atoms with Crippen LogP contribution < -0.4 is 30.7 Å². The number of rotatable bonds is 12. The van der Waals surface area contributed by atoms with Gasteiger partial charge in [-0.3, -0.25) is 19.3 Å². The van der Waals surface area contributed by atoms with Crippen LogP contribution in [0.2, 0.25) is 5.02 Å². The van der Waals surface area contributed by atoms with Crippen molar-refractivity contribution in [3.05, 3.63) is 88.3 Å². The Morgan fingerprint density at radius 3 is 2.45 bits per heavy atom. The summed E-state index contributed by atoms with van der Waals surface area (Å²) in [6, 6.07) is 16.0. The highest BCUT2D eigenvalue weighted by Gasteiger charge is 2.41. The van der Waals surface area contributed by atoms with E-state index in [1.54, 1.807) is 23.4 Å². The quantitative estimate of drug-likeness (QED) is 0.140. The van der Waals surface area contributed by atoms with Crippen molar-refractivity contribution in [3.8, 4) is 0 Å². The number of benzene rings is 2. The van der Waals surface area contributed by atoms with Gasteiger partial charge in [0.1, 0.15) is 22.3 Å². The largest absolute Gasteiger partial charge is 0.362 e. The molecule has 4 aliphatic rings. The van der Waals surface area contributed by atoms with Gasteiger partial charge in [-0.25, -0.2) is 15.0 Å². The van der Waals surface area contributed by atoms with Gasteiger partial charge in [0.2, 0.25) is 18.2 Å². The van der Waals surface area contributed by atoms with Crippen LogP contribution in [0, 0.1) is 13.8 Å². The number of hydrogen-bond donors (Lipinski definition) is 4. The summed E-state index contributed by atoms with van der Waals surface area (Å²) < 4.78 is 0. The highest BCUT2D eigenvalue weighted by molar-refractivity contribution is 7.17. The van der Waals surface area contributed by atoms with E-state index in [0.29, 0.717) is 50.9 Å². The first-order valence-electron chi connectivity index (χ1n) is 19.8. The second kappa shape index (κ2) is 17.3. The zero-order valence-electron chi connectivity index (χ0n) is 32.6. The van der Waals surface area contributed by atoms with Crippen molar-refractivity contribution in [2.24, 2.45) is 0 Å². The van der Waals surface area contributed by atoms with Crippen molar-refractivity contribution in [1.82, 2.24) is 30.1 Å². The van der Waals surface area contributed by atoms with Gasteiger partial charge in [-0.1, -0.05) is 35.1 Å². The van der Waals surface area contributed by atoms with Gasteiger partial charge in [0, 0.05) is 87.5 Å².